The number of carbonyl (C=O) groups excluding carboxylic acids is 3. The molecular weight excluding hydrogens is 644 g/mol. The molecular formula is C37H58N4O9. The van der Waals surface area contributed by atoms with Gasteiger partial charge in [-0.3, -0.25) is 14.6 Å². The normalized spacial score (nSPS) is 36.6. The maximum Gasteiger partial charge on any atom is 0.331 e. The number of amides is 1. The number of carboxylic acid groups (broad SMARTS) is 1. The Balaban J connectivity index is 1.02. The minimum absolute atomic E-state index is 0.0298. The average Bonchev–Trinajstić information content (AvgIpc) is 3.56. The monoisotopic (exact) mass is 702 g/mol. The van der Waals surface area contributed by atoms with Crippen LogP contribution >= 0.6 is 0 Å². The lowest BCUT2D eigenvalue weighted by atomic mass is 9.43. The molecule has 4 aliphatic carbocycles. The molecule has 13 nitrogen and oxygen atoms in total. The first-order valence-electron chi connectivity index (χ1n) is 18.7. The number of carboxylic acids is 1. The van der Waals surface area contributed by atoms with Crippen molar-refractivity contribution in [3.8, 4) is 0 Å². The molecule has 0 unspecified atom stereocenters. The van der Waals surface area contributed by atoms with Gasteiger partial charge in [0.25, 0.3) is 0 Å². The second kappa shape index (κ2) is 15.6. The van der Waals surface area contributed by atoms with Crippen molar-refractivity contribution in [1.29, 1.82) is 0 Å². The maximum absolute atomic E-state index is 12.8. The summed E-state index contributed by atoms with van der Waals surface area (Å²) >= 11 is 0. The molecule has 0 spiro atoms. The van der Waals surface area contributed by atoms with Gasteiger partial charge in [0.15, 0.2) is 5.96 Å². The number of nitrogens with zero attached hydrogens (tertiary/aromatic N) is 1. The van der Waals surface area contributed by atoms with Crippen LogP contribution in [0.5, 0.6) is 0 Å². The van der Waals surface area contributed by atoms with E-state index in [1.807, 2.05) is 0 Å². The second-order valence-corrected chi connectivity index (χ2v) is 16.2. The lowest BCUT2D eigenvalue weighted by Crippen LogP contribution is -2.62. The smallest absolute Gasteiger partial charge is 0.331 e. The van der Waals surface area contributed by atoms with Crippen LogP contribution in [0.15, 0.2) is 16.6 Å². The van der Waals surface area contributed by atoms with Crippen molar-refractivity contribution < 1.29 is 44.0 Å². The zero-order chi connectivity index (χ0) is 36.3. The Kier molecular flexibility index (Phi) is 11.9. The van der Waals surface area contributed by atoms with Crippen molar-refractivity contribution in [2.24, 2.45) is 51.0 Å². The van der Waals surface area contributed by atoms with E-state index in [-0.39, 0.29) is 66.6 Å². The van der Waals surface area contributed by atoms with E-state index in [1.165, 1.54) is 6.08 Å². The van der Waals surface area contributed by atoms with Crippen LogP contribution in [0.25, 0.3) is 0 Å². The van der Waals surface area contributed by atoms with Crippen LogP contribution in [0, 0.1) is 34.5 Å². The Morgan fingerprint density at radius 3 is 2.46 bits per heavy atom. The molecule has 0 aromatic heterocycles. The van der Waals surface area contributed by atoms with Gasteiger partial charge in [-0.15, -0.1) is 0 Å². The number of ether oxygens (including phenoxy) is 2. The minimum Gasteiger partial charge on any atom is -0.480 e. The molecule has 4 fully saturated rings. The van der Waals surface area contributed by atoms with Gasteiger partial charge in [0.2, 0.25) is 5.91 Å². The summed E-state index contributed by atoms with van der Waals surface area (Å²) in [4.78, 5) is 52.2. The third kappa shape index (κ3) is 7.83. The molecule has 4 saturated carbocycles. The zero-order valence-corrected chi connectivity index (χ0v) is 29.7. The summed E-state index contributed by atoms with van der Waals surface area (Å²) in [6.45, 7) is 4.96. The van der Waals surface area contributed by atoms with Gasteiger partial charge < -0.3 is 41.6 Å². The Morgan fingerprint density at radius 2 is 1.78 bits per heavy atom. The van der Waals surface area contributed by atoms with E-state index in [1.54, 1.807) is 0 Å². The van der Waals surface area contributed by atoms with Crippen molar-refractivity contribution in [1.82, 2.24) is 5.32 Å². The second-order valence-electron chi connectivity index (χ2n) is 16.2. The number of aliphatic imine (C=N–C) groups is 1. The summed E-state index contributed by atoms with van der Waals surface area (Å²) < 4.78 is 11.2. The van der Waals surface area contributed by atoms with Gasteiger partial charge in [-0.25, -0.2) is 9.59 Å². The molecule has 280 valence electrons. The Hall–Kier alpha value is -3.19. The number of hydrogen-bond acceptors (Lipinski definition) is 9. The fourth-order valence-electron chi connectivity index (χ4n) is 10.7. The highest BCUT2D eigenvalue weighted by molar-refractivity contribution is 5.85. The van der Waals surface area contributed by atoms with Crippen molar-refractivity contribution in [3.63, 3.8) is 0 Å². The molecule has 10 atom stereocenters. The van der Waals surface area contributed by atoms with E-state index < -0.39 is 29.1 Å². The molecule has 1 aliphatic heterocycles. The van der Waals surface area contributed by atoms with Crippen molar-refractivity contribution in [2.75, 3.05) is 13.2 Å². The van der Waals surface area contributed by atoms with Crippen LogP contribution in [-0.4, -0.2) is 82.1 Å². The Morgan fingerprint density at radius 1 is 1.04 bits per heavy atom. The number of guanidine groups is 1. The fraction of sp³-hybridized carbons (Fsp3) is 0.811. The molecule has 0 aromatic rings. The number of esters is 2. The van der Waals surface area contributed by atoms with E-state index in [9.17, 15) is 34.5 Å². The quantitative estimate of drug-likeness (QED) is 0.0629. The molecule has 0 bridgehead atoms. The Labute approximate surface area is 295 Å². The number of aliphatic hydroxyl groups excluding tert-OH is 1. The number of nitrogens with one attached hydrogen (secondary N) is 1. The molecule has 0 radical (unpaired) electrons. The van der Waals surface area contributed by atoms with E-state index in [2.05, 4.69) is 24.2 Å². The molecule has 0 aromatic carbocycles. The zero-order valence-electron chi connectivity index (χ0n) is 29.7. The molecule has 0 saturated heterocycles. The molecule has 5 rings (SSSR count). The number of hydrogen-bond donors (Lipinski definition) is 6. The van der Waals surface area contributed by atoms with Crippen LogP contribution < -0.4 is 16.8 Å². The largest absolute Gasteiger partial charge is 0.480 e. The van der Waals surface area contributed by atoms with Crippen LogP contribution in [0.2, 0.25) is 0 Å². The van der Waals surface area contributed by atoms with Crippen LogP contribution in [0.1, 0.15) is 117 Å². The van der Waals surface area contributed by atoms with Gasteiger partial charge in [0, 0.05) is 43.2 Å². The fourth-order valence-corrected chi connectivity index (χ4v) is 10.7. The number of unbranched alkanes of at least 4 members (excludes halogenated alkanes) is 3. The standard InChI is InChI=1S/C37H58N4O9/c1-35-15-13-24(50-30(44)10-6-4-3-5-9-29(43)41-27(33(46)47)8-7-17-40-34(38)39)19-23(35)11-12-26-25(35)14-16-36(2)32(22-18-31(45)49-21-22)28(42)20-37(26,36)48/h18,23-28,32,42,48H,3-17,19-21H2,1-2H3,(H,41,43)(H,46,47)(H4,38,39,40)/t23-,24+,25+,26-,27+,28+,32+,35+,36-,37+/m1/s1. The van der Waals surface area contributed by atoms with Crippen LogP contribution in [0.4, 0.5) is 0 Å². The number of rotatable bonds is 15. The van der Waals surface area contributed by atoms with E-state index >= 15 is 0 Å². The van der Waals surface area contributed by atoms with Gasteiger partial charge in [0.1, 0.15) is 18.8 Å². The van der Waals surface area contributed by atoms with Gasteiger partial charge >= 0.3 is 17.9 Å². The van der Waals surface area contributed by atoms with Crippen LogP contribution in [-0.2, 0) is 28.7 Å². The first-order chi connectivity index (χ1) is 23.7. The van der Waals surface area contributed by atoms with Crippen molar-refractivity contribution in [3.05, 3.63) is 11.6 Å². The average molecular weight is 703 g/mol. The SMILES string of the molecule is C[C@]12CC[C@H](OC(=O)CCCCCCC(=O)N[C@@H](CCCN=C(N)N)C(=O)O)C[C@H]1CC[C@@H]1[C@@H]2CC[C@]2(C)[C@@H](C3=CC(=O)OC3)[C@@H](O)C[C@]12O. The highest BCUT2D eigenvalue weighted by Gasteiger charge is 2.70. The topological polar surface area (TPSA) is 224 Å². The summed E-state index contributed by atoms with van der Waals surface area (Å²) in [7, 11) is 0. The predicted molar refractivity (Wildman–Crippen MR) is 184 cm³/mol. The van der Waals surface area contributed by atoms with E-state index in [0.717, 1.165) is 63.4 Å². The third-order valence-electron chi connectivity index (χ3n) is 13.3. The number of carbonyl (C=O) groups is 4. The summed E-state index contributed by atoms with van der Waals surface area (Å²) in [6, 6.07) is -0.984. The molecule has 1 heterocycles. The summed E-state index contributed by atoms with van der Waals surface area (Å²) in [6.07, 6.45) is 11.2. The minimum atomic E-state index is -1.09. The first kappa shape index (κ1) is 38.1. The Bertz CT molecular complexity index is 1350. The van der Waals surface area contributed by atoms with E-state index in [4.69, 9.17) is 20.9 Å². The number of fused-ring (bicyclic) bond motifs is 5. The number of nitrogens with two attached hydrogens (primary N) is 2. The predicted octanol–water partition coefficient (Wildman–Crippen LogP) is 3.09. The third-order valence-corrected chi connectivity index (χ3v) is 13.3. The summed E-state index contributed by atoms with van der Waals surface area (Å²) in [5.74, 6) is -1.50. The maximum atomic E-state index is 12.8. The number of aliphatic hydroxyl groups is 2. The van der Waals surface area contributed by atoms with Gasteiger partial charge in [-0.1, -0.05) is 26.7 Å². The van der Waals surface area contributed by atoms with E-state index in [0.29, 0.717) is 50.5 Å². The van der Waals surface area contributed by atoms with Gasteiger partial charge in [0.05, 0.1) is 11.7 Å². The highest BCUT2D eigenvalue weighted by atomic mass is 16.5. The van der Waals surface area contributed by atoms with Gasteiger partial charge in [-0.05, 0) is 99.4 Å². The van der Waals surface area contributed by atoms with Crippen molar-refractivity contribution in [2.45, 2.75) is 140 Å². The first-order valence-corrected chi connectivity index (χ1v) is 18.7. The number of cyclic esters (lactones) is 1. The summed E-state index contributed by atoms with van der Waals surface area (Å²) in [5, 5.41) is 35.6. The molecule has 50 heavy (non-hydrogen) atoms. The number of aliphatic carboxylic acids is 1. The molecule has 13 heteroatoms. The molecule has 1 amide bonds. The van der Waals surface area contributed by atoms with Crippen molar-refractivity contribution >= 4 is 29.8 Å². The highest BCUT2D eigenvalue weighted by Crippen LogP contribution is 2.70. The van der Waals surface area contributed by atoms with Gasteiger partial charge in [-0.2, -0.15) is 0 Å². The molecule has 8 N–H and O–H groups in total. The molecule has 5 aliphatic rings. The lowest BCUT2D eigenvalue weighted by Gasteiger charge is -2.63. The lowest BCUT2D eigenvalue weighted by molar-refractivity contribution is -0.210. The van der Waals surface area contributed by atoms with Crippen LogP contribution in [0.3, 0.4) is 0 Å². The summed E-state index contributed by atoms with van der Waals surface area (Å²) in [5.41, 5.74) is 9.87.